The Kier molecular flexibility index (Phi) is 3.61. The Morgan fingerprint density at radius 3 is 2.50 bits per heavy atom. The first kappa shape index (κ1) is 10.2. The molecule has 1 aromatic carbocycles. The van der Waals surface area contributed by atoms with E-state index >= 15 is 0 Å². The molecule has 0 fully saturated rings. The molecule has 0 atom stereocenters. The van der Waals surface area contributed by atoms with E-state index in [2.05, 4.69) is 16.7 Å². The summed E-state index contributed by atoms with van der Waals surface area (Å²) in [6, 6.07) is 9.73. The summed E-state index contributed by atoms with van der Waals surface area (Å²) in [7, 11) is 1.70. The lowest BCUT2D eigenvalue weighted by Crippen LogP contribution is -2.12. The van der Waals surface area contributed by atoms with Crippen molar-refractivity contribution in [2.75, 3.05) is 7.05 Å². The number of rotatable bonds is 3. The van der Waals surface area contributed by atoms with Gasteiger partial charge in [-0.05, 0) is 6.72 Å². The predicted octanol–water partition coefficient (Wildman–Crippen LogP) is 1.61. The molecule has 72 valence electrons. The van der Waals surface area contributed by atoms with Gasteiger partial charge in [0.05, 0.1) is 17.6 Å². The minimum absolute atomic E-state index is 0.522. The molecule has 0 aliphatic carbocycles. The van der Waals surface area contributed by atoms with E-state index in [4.69, 9.17) is 5.73 Å². The second-order valence-corrected chi connectivity index (χ2v) is 2.71. The maximum atomic E-state index is 5.77. The molecule has 1 rings (SSSR count). The maximum Gasteiger partial charge on any atom is 0.0888 e. The van der Waals surface area contributed by atoms with E-state index in [0.717, 1.165) is 11.3 Å². The summed E-state index contributed by atoms with van der Waals surface area (Å²) in [5.74, 6) is 0. The van der Waals surface area contributed by atoms with Crippen molar-refractivity contribution in [1.29, 1.82) is 0 Å². The van der Waals surface area contributed by atoms with Gasteiger partial charge in [0, 0.05) is 12.6 Å². The zero-order chi connectivity index (χ0) is 10.4. The van der Waals surface area contributed by atoms with Crippen LogP contribution in [-0.4, -0.2) is 19.5 Å². The van der Waals surface area contributed by atoms with Crippen LogP contribution in [0.3, 0.4) is 0 Å². The van der Waals surface area contributed by atoms with Crippen molar-refractivity contribution >= 4 is 12.4 Å². The Balaban J connectivity index is 3.07. The molecular weight excluding hydrogens is 174 g/mol. The molecule has 0 aliphatic heterocycles. The van der Waals surface area contributed by atoms with Crippen LogP contribution >= 0.6 is 0 Å². The normalized spacial score (nSPS) is 12.6. The highest BCUT2D eigenvalue weighted by Crippen LogP contribution is 2.05. The summed E-state index contributed by atoms with van der Waals surface area (Å²) >= 11 is 0. The van der Waals surface area contributed by atoms with Gasteiger partial charge >= 0.3 is 0 Å². The summed E-state index contributed by atoms with van der Waals surface area (Å²) < 4.78 is 0. The molecule has 3 nitrogen and oxygen atoms in total. The van der Waals surface area contributed by atoms with Crippen molar-refractivity contribution in [3.8, 4) is 0 Å². The van der Waals surface area contributed by atoms with E-state index < -0.39 is 0 Å². The number of allylic oxidation sites excluding steroid dienone is 1. The number of hydrogen-bond donors (Lipinski definition) is 1. The molecular formula is C11H13N3. The van der Waals surface area contributed by atoms with Crippen LogP contribution in [0.5, 0.6) is 0 Å². The van der Waals surface area contributed by atoms with Crippen LogP contribution in [0.4, 0.5) is 0 Å². The SMILES string of the molecule is C=N/C=C(N)\C(=N/C)c1ccccc1. The molecule has 1 aromatic rings. The van der Waals surface area contributed by atoms with Crippen LogP contribution < -0.4 is 5.73 Å². The topological polar surface area (TPSA) is 50.7 Å². The number of nitrogens with two attached hydrogens (primary N) is 1. The molecule has 0 amide bonds. The molecule has 0 spiro atoms. The van der Waals surface area contributed by atoms with Gasteiger partial charge in [0.1, 0.15) is 0 Å². The van der Waals surface area contributed by atoms with Gasteiger partial charge in [-0.3, -0.25) is 9.98 Å². The zero-order valence-electron chi connectivity index (χ0n) is 8.14. The molecule has 2 N–H and O–H groups in total. The van der Waals surface area contributed by atoms with Gasteiger partial charge in [-0.1, -0.05) is 30.3 Å². The van der Waals surface area contributed by atoms with E-state index in [0.29, 0.717) is 5.70 Å². The number of aliphatic imine (C=N–C) groups is 2. The third kappa shape index (κ3) is 2.29. The fourth-order valence-corrected chi connectivity index (χ4v) is 1.18. The van der Waals surface area contributed by atoms with Crippen molar-refractivity contribution < 1.29 is 0 Å². The molecule has 14 heavy (non-hydrogen) atoms. The van der Waals surface area contributed by atoms with Crippen LogP contribution in [0.25, 0.3) is 0 Å². The number of benzene rings is 1. The van der Waals surface area contributed by atoms with Crippen LogP contribution in [0, 0.1) is 0 Å². The summed E-state index contributed by atoms with van der Waals surface area (Å²) in [5.41, 5.74) is 8.00. The van der Waals surface area contributed by atoms with Crippen molar-refractivity contribution in [2.24, 2.45) is 15.7 Å². The van der Waals surface area contributed by atoms with E-state index in [-0.39, 0.29) is 0 Å². The van der Waals surface area contributed by atoms with Crippen molar-refractivity contribution in [1.82, 2.24) is 0 Å². The van der Waals surface area contributed by atoms with Crippen LogP contribution in [0.2, 0.25) is 0 Å². The van der Waals surface area contributed by atoms with Gasteiger partial charge in [0.2, 0.25) is 0 Å². The maximum absolute atomic E-state index is 5.77. The van der Waals surface area contributed by atoms with E-state index in [1.54, 1.807) is 7.05 Å². The average molecular weight is 187 g/mol. The first-order valence-electron chi connectivity index (χ1n) is 4.23. The Morgan fingerprint density at radius 1 is 1.36 bits per heavy atom. The summed E-state index contributed by atoms with van der Waals surface area (Å²) in [4.78, 5) is 7.72. The van der Waals surface area contributed by atoms with Gasteiger partial charge in [0.25, 0.3) is 0 Å². The van der Waals surface area contributed by atoms with Crippen LogP contribution in [0.1, 0.15) is 5.56 Å². The highest BCUT2D eigenvalue weighted by molar-refractivity contribution is 6.11. The second-order valence-electron chi connectivity index (χ2n) is 2.71. The monoisotopic (exact) mass is 187 g/mol. The van der Waals surface area contributed by atoms with E-state index in [1.165, 1.54) is 6.20 Å². The third-order valence-electron chi connectivity index (χ3n) is 1.77. The largest absolute Gasteiger partial charge is 0.396 e. The Bertz CT molecular complexity index is 363. The third-order valence-corrected chi connectivity index (χ3v) is 1.77. The molecule has 0 aromatic heterocycles. The van der Waals surface area contributed by atoms with Gasteiger partial charge in [-0.25, -0.2) is 0 Å². The lowest BCUT2D eigenvalue weighted by Gasteiger charge is -2.04. The van der Waals surface area contributed by atoms with Gasteiger partial charge < -0.3 is 5.73 Å². The van der Waals surface area contributed by atoms with Gasteiger partial charge in [0.15, 0.2) is 0 Å². The Hall–Kier alpha value is -1.90. The highest BCUT2D eigenvalue weighted by Gasteiger charge is 2.03. The first-order chi connectivity index (χ1) is 6.79. The molecule has 0 unspecified atom stereocenters. The van der Waals surface area contributed by atoms with E-state index in [9.17, 15) is 0 Å². The second kappa shape index (κ2) is 4.97. The molecule has 0 saturated carbocycles. The molecule has 3 heteroatoms. The fraction of sp³-hybridized carbons (Fsp3) is 0.0909. The van der Waals surface area contributed by atoms with Crippen molar-refractivity contribution in [3.05, 3.63) is 47.8 Å². The zero-order valence-corrected chi connectivity index (χ0v) is 8.14. The minimum Gasteiger partial charge on any atom is -0.396 e. The molecule has 0 radical (unpaired) electrons. The number of hydrogen-bond acceptors (Lipinski definition) is 3. The van der Waals surface area contributed by atoms with Crippen LogP contribution in [-0.2, 0) is 0 Å². The smallest absolute Gasteiger partial charge is 0.0888 e. The quantitative estimate of drug-likeness (QED) is 0.718. The minimum atomic E-state index is 0.522. The predicted molar refractivity (Wildman–Crippen MR) is 60.7 cm³/mol. The Morgan fingerprint density at radius 2 is 2.00 bits per heavy atom. The number of nitrogens with zero attached hydrogens (tertiary/aromatic N) is 2. The average Bonchev–Trinajstić information content (AvgIpc) is 2.21. The molecule has 0 heterocycles. The molecule has 0 saturated heterocycles. The van der Waals surface area contributed by atoms with Gasteiger partial charge in [-0.2, -0.15) is 0 Å². The molecule has 0 bridgehead atoms. The lowest BCUT2D eigenvalue weighted by molar-refractivity contribution is 1.34. The van der Waals surface area contributed by atoms with Crippen molar-refractivity contribution in [3.63, 3.8) is 0 Å². The fourth-order valence-electron chi connectivity index (χ4n) is 1.18. The summed E-state index contributed by atoms with van der Waals surface area (Å²) in [5, 5.41) is 0. The van der Waals surface area contributed by atoms with E-state index in [1.807, 2.05) is 30.3 Å². The van der Waals surface area contributed by atoms with Crippen LogP contribution in [0.15, 0.2) is 52.2 Å². The first-order valence-corrected chi connectivity index (χ1v) is 4.23. The van der Waals surface area contributed by atoms with Gasteiger partial charge in [-0.15, -0.1) is 0 Å². The summed E-state index contributed by atoms with van der Waals surface area (Å²) in [6.45, 7) is 3.35. The summed E-state index contributed by atoms with van der Waals surface area (Å²) in [6.07, 6.45) is 1.50. The lowest BCUT2D eigenvalue weighted by atomic mass is 10.1. The standard InChI is InChI=1S/C11H13N3/c1-13-8-10(12)11(14-2)9-6-4-3-5-7-9/h3-8H,1,12H2,2H3/b10-8+,14-11-. The Labute approximate surface area is 83.7 Å². The molecule has 0 aliphatic rings. The van der Waals surface area contributed by atoms with Crippen molar-refractivity contribution in [2.45, 2.75) is 0 Å². The highest BCUT2D eigenvalue weighted by atomic mass is 14.8.